The second-order valence-corrected chi connectivity index (χ2v) is 6.91. The van der Waals surface area contributed by atoms with Crippen molar-refractivity contribution in [1.29, 1.82) is 0 Å². The van der Waals surface area contributed by atoms with Gasteiger partial charge in [0, 0.05) is 36.5 Å². The number of nitrogens with one attached hydrogen (secondary N) is 2. The van der Waals surface area contributed by atoms with Crippen molar-refractivity contribution < 1.29 is 0 Å². The van der Waals surface area contributed by atoms with Crippen LogP contribution in [0.2, 0.25) is 0 Å². The number of anilines is 2. The van der Waals surface area contributed by atoms with E-state index in [9.17, 15) is 0 Å². The Morgan fingerprint density at radius 2 is 2.07 bits per heavy atom. The molecule has 0 unspecified atom stereocenters. The first-order valence-electron chi connectivity index (χ1n) is 9.48. The van der Waals surface area contributed by atoms with E-state index in [1.165, 1.54) is 12.0 Å². The molecule has 4 rings (SSSR count). The number of rotatable bonds is 6. The molecule has 1 aliphatic heterocycles. The van der Waals surface area contributed by atoms with Crippen molar-refractivity contribution in [3.8, 4) is 11.1 Å². The molecule has 1 aliphatic rings. The molecule has 0 saturated carbocycles. The van der Waals surface area contributed by atoms with E-state index in [0.717, 1.165) is 47.8 Å². The van der Waals surface area contributed by atoms with E-state index < -0.39 is 0 Å². The number of pyridine rings is 1. The van der Waals surface area contributed by atoms with Gasteiger partial charge in [-0.3, -0.25) is 0 Å². The molecule has 1 aromatic carbocycles. The summed E-state index contributed by atoms with van der Waals surface area (Å²) in [5.74, 6) is 1.90. The van der Waals surface area contributed by atoms with Crippen molar-refractivity contribution in [2.75, 3.05) is 17.2 Å². The van der Waals surface area contributed by atoms with Crippen LogP contribution in [0.4, 0.5) is 11.6 Å². The van der Waals surface area contributed by atoms with Crippen molar-refractivity contribution in [3.63, 3.8) is 0 Å². The van der Waals surface area contributed by atoms with Gasteiger partial charge in [-0.25, -0.2) is 15.0 Å². The lowest BCUT2D eigenvalue weighted by atomic mass is 10.0. The van der Waals surface area contributed by atoms with Crippen LogP contribution in [0.5, 0.6) is 0 Å². The Balaban J connectivity index is 1.41. The monoisotopic (exact) mass is 358 g/mol. The molecule has 2 N–H and O–H groups in total. The minimum atomic E-state index is 0.230. The summed E-state index contributed by atoms with van der Waals surface area (Å²) in [6.45, 7) is 3.17. The highest BCUT2D eigenvalue weighted by molar-refractivity contribution is 5.74. The van der Waals surface area contributed by atoms with Crippen molar-refractivity contribution in [2.24, 2.45) is 0 Å². The molecule has 0 fully saturated rings. The van der Waals surface area contributed by atoms with Crippen LogP contribution >= 0.6 is 0 Å². The van der Waals surface area contributed by atoms with Gasteiger partial charge in [-0.15, -0.1) is 0 Å². The first-order valence-corrected chi connectivity index (χ1v) is 9.48. The predicted octanol–water partition coefficient (Wildman–Crippen LogP) is 4.34. The average Bonchev–Trinajstić information content (AvgIpc) is 2.73. The van der Waals surface area contributed by atoms with Gasteiger partial charge >= 0.3 is 0 Å². The summed E-state index contributed by atoms with van der Waals surface area (Å²) in [6, 6.07) is 14.7. The fourth-order valence-corrected chi connectivity index (χ4v) is 3.32. The zero-order valence-corrected chi connectivity index (χ0v) is 15.5. The molecule has 1 radical (unpaired) electrons. The summed E-state index contributed by atoms with van der Waals surface area (Å²) >= 11 is 0. The standard InChI is InChI=1S/C22H24N5/c1-16(9-11-19-12-10-18-8-5-13-24-21(18)27-19)26-22-20(14-23-15-25-22)17-6-3-2-4-7-17/h2-4,6-7,10-12,14-16H,5,8-9,13H2,1H3,(H,24,27)(H,23,25,26)/t16-/m0/s1. The Hall–Kier alpha value is -2.95. The van der Waals surface area contributed by atoms with E-state index in [1.807, 2.05) is 24.4 Å². The van der Waals surface area contributed by atoms with Crippen LogP contribution in [-0.4, -0.2) is 27.5 Å². The second kappa shape index (κ2) is 8.16. The van der Waals surface area contributed by atoms with Crippen molar-refractivity contribution in [1.82, 2.24) is 15.0 Å². The summed E-state index contributed by atoms with van der Waals surface area (Å²) in [5, 5.41) is 6.91. The number of aromatic nitrogens is 3. The third-order valence-corrected chi connectivity index (χ3v) is 4.78. The lowest BCUT2D eigenvalue weighted by Gasteiger charge is -2.19. The van der Waals surface area contributed by atoms with Crippen LogP contribution in [0.3, 0.4) is 0 Å². The van der Waals surface area contributed by atoms with Crippen LogP contribution < -0.4 is 10.6 Å². The fraction of sp³-hybridized carbons (Fsp3) is 0.273. The maximum absolute atomic E-state index is 4.74. The Morgan fingerprint density at radius 1 is 1.19 bits per heavy atom. The quantitative estimate of drug-likeness (QED) is 0.686. The van der Waals surface area contributed by atoms with E-state index in [1.54, 1.807) is 6.33 Å². The molecule has 0 bridgehead atoms. The molecule has 137 valence electrons. The highest BCUT2D eigenvalue weighted by Gasteiger charge is 2.13. The Bertz CT molecular complexity index is 894. The van der Waals surface area contributed by atoms with Crippen LogP contribution in [0.15, 0.2) is 55.0 Å². The lowest BCUT2D eigenvalue weighted by molar-refractivity contribution is 0.770. The maximum atomic E-state index is 4.74. The number of hydrogen-bond acceptors (Lipinski definition) is 5. The molecule has 5 nitrogen and oxygen atoms in total. The Morgan fingerprint density at radius 3 is 2.96 bits per heavy atom. The molecule has 0 aliphatic carbocycles. The first kappa shape index (κ1) is 17.5. The largest absolute Gasteiger partial charge is 0.370 e. The van der Waals surface area contributed by atoms with E-state index in [2.05, 4.69) is 58.2 Å². The molecule has 0 amide bonds. The lowest BCUT2D eigenvalue weighted by Crippen LogP contribution is -2.18. The van der Waals surface area contributed by atoms with Crippen LogP contribution in [-0.2, 0) is 6.42 Å². The van der Waals surface area contributed by atoms with Gasteiger partial charge in [-0.1, -0.05) is 36.4 Å². The van der Waals surface area contributed by atoms with Gasteiger partial charge in [0.2, 0.25) is 0 Å². The molecular weight excluding hydrogens is 334 g/mol. The van der Waals surface area contributed by atoms with Gasteiger partial charge in [0.05, 0.1) is 0 Å². The smallest absolute Gasteiger partial charge is 0.137 e. The maximum Gasteiger partial charge on any atom is 0.137 e. The molecular formula is C22H24N5. The number of aryl methyl sites for hydroxylation is 1. The summed E-state index contributed by atoms with van der Waals surface area (Å²) < 4.78 is 0. The van der Waals surface area contributed by atoms with E-state index >= 15 is 0 Å². The Kier molecular flexibility index (Phi) is 5.28. The highest BCUT2D eigenvalue weighted by atomic mass is 15.0. The summed E-state index contributed by atoms with van der Waals surface area (Å²) in [5.41, 5.74) is 4.46. The summed E-state index contributed by atoms with van der Waals surface area (Å²) in [4.78, 5) is 13.4. The second-order valence-electron chi connectivity index (χ2n) is 6.91. The van der Waals surface area contributed by atoms with Crippen molar-refractivity contribution in [3.05, 3.63) is 72.7 Å². The molecule has 27 heavy (non-hydrogen) atoms. The van der Waals surface area contributed by atoms with Crippen LogP contribution in [0.25, 0.3) is 11.1 Å². The average molecular weight is 358 g/mol. The number of benzene rings is 1. The number of nitrogens with zero attached hydrogens (tertiary/aromatic N) is 3. The van der Waals surface area contributed by atoms with Gasteiger partial charge in [-0.2, -0.15) is 0 Å². The van der Waals surface area contributed by atoms with Crippen LogP contribution in [0.1, 0.15) is 31.0 Å². The van der Waals surface area contributed by atoms with E-state index in [4.69, 9.17) is 4.98 Å². The molecule has 2 aromatic heterocycles. The van der Waals surface area contributed by atoms with E-state index in [0.29, 0.717) is 0 Å². The normalized spacial score (nSPS) is 14.1. The minimum Gasteiger partial charge on any atom is -0.370 e. The highest BCUT2D eigenvalue weighted by Crippen LogP contribution is 2.26. The van der Waals surface area contributed by atoms with Crippen LogP contribution in [0, 0.1) is 6.42 Å². The topological polar surface area (TPSA) is 62.7 Å². The zero-order chi connectivity index (χ0) is 18.5. The summed E-state index contributed by atoms with van der Waals surface area (Å²) in [7, 11) is 0. The minimum absolute atomic E-state index is 0.230. The van der Waals surface area contributed by atoms with Gasteiger partial charge in [0.25, 0.3) is 0 Å². The summed E-state index contributed by atoms with van der Waals surface area (Å²) in [6.07, 6.45) is 8.78. The van der Waals surface area contributed by atoms with Gasteiger partial charge in [0.1, 0.15) is 18.0 Å². The van der Waals surface area contributed by atoms with Gasteiger partial charge in [0.15, 0.2) is 0 Å². The van der Waals surface area contributed by atoms with Gasteiger partial charge in [-0.05, 0) is 43.4 Å². The zero-order valence-electron chi connectivity index (χ0n) is 15.5. The predicted molar refractivity (Wildman–Crippen MR) is 110 cm³/mol. The Labute approximate surface area is 160 Å². The molecule has 3 heterocycles. The number of fused-ring (bicyclic) bond motifs is 1. The fourth-order valence-electron chi connectivity index (χ4n) is 3.32. The number of hydrogen-bond donors (Lipinski definition) is 2. The molecule has 1 atom stereocenters. The van der Waals surface area contributed by atoms with E-state index in [-0.39, 0.29) is 6.04 Å². The molecule has 0 saturated heterocycles. The third-order valence-electron chi connectivity index (χ3n) is 4.78. The molecule has 5 heteroatoms. The molecule has 0 spiro atoms. The van der Waals surface area contributed by atoms with Gasteiger partial charge < -0.3 is 10.6 Å². The van der Waals surface area contributed by atoms with Crippen molar-refractivity contribution in [2.45, 2.75) is 32.2 Å². The van der Waals surface area contributed by atoms with Crippen molar-refractivity contribution >= 4 is 11.6 Å². The SMILES string of the molecule is C[C@@H](C[CH]c1ccc2c(n1)NCCC2)Nc1ncncc1-c1ccccc1. The molecule has 3 aromatic rings. The third kappa shape index (κ3) is 4.25. The first-order chi connectivity index (χ1) is 13.3.